The summed E-state index contributed by atoms with van der Waals surface area (Å²) in [5, 5.41) is 3.26. The number of thioether (sulfide) groups is 1. The molecule has 112 valence electrons. The second-order valence-corrected chi connectivity index (χ2v) is 5.40. The smallest absolute Gasteiger partial charge is 0.288 e. The molecule has 0 aromatic heterocycles. The van der Waals surface area contributed by atoms with Gasteiger partial charge in [-0.1, -0.05) is 23.9 Å². The van der Waals surface area contributed by atoms with Gasteiger partial charge in [0.25, 0.3) is 5.76 Å². The molecule has 21 heavy (non-hydrogen) atoms. The molecule has 0 spiro atoms. The van der Waals surface area contributed by atoms with E-state index in [1.54, 1.807) is 24.3 Å². The van der Waals surface area contributed by atoms with Gasteiger partial charge in [0.2, 0.25) is 0 Å². The summed E-state index contributed by atoms with van der Waals surface area (Å²) in [5.74, 6) is -1.53. The molecule has 5 heteroatoms. The molecule has 2 aromatic carbocycles. The monoisotopic (exact) mass is 309 g/mol. The Morgan fingerprint density at radius 1 is 1.05 bits per heavy atom. The summed E-state index contributed by atoms with van der Waals surface area (Å²) in [4.78, 5) is 0.566. The highest BCUT2D eigenvalue weighted by molar-refractivity contribution is 7.99. The molecule has 2 rings (SSSR count). The zero-order valence-electron chi connectivity index (χ0n) is 11.7. The van der Waals surface area contributed by atoms with Gasteiger partial charge in [-0.3, -0.25) is 0 Å². The van der Waals surface area contributed by atoms with E-state index >= 15 is 0 Å². The Balaban J connectivity index is 1.87. The van der Waals surface area contributed by atoms with Crippen molar-refractivity contribution in [1.82, 2.24) is 0 Å². The average Bonchev–Trinajstić information content (AvgIpc) is 2.48. The Hall–Kier alpha value is -1.75. The molecule has 0 saturated heterocycles. The van der Waals surface area contributed by atoms with Crippen molar-refractivity contribution in [3.05, 3.63) is 54.1 Å². The first-order valence-corrected chi connectivity index (χ1v) is 7.56. The number of rotatable bonds is 7. The topological polar surface area (TPSA) is 21.3 Å². The Bertz CT molecular complexity index is 543. The van der Waals surface area contributed by atoms with Crippen LogP contribution in [0.3, 0.4) is 0 Å². The normalized spacial score (nSPS) is 10.7. The molecule has 0 saturated carbocycles. The lowest BCUT2D eigenvalue weighted by Gasteiger charge is -2.08. The summed E-state index contributed by atoms with van der Waals surface area (Å²) < 4.78 is 29.8. The van der Waals surface area contributed by atoms with Gasteiger partial charge in [-0.25, -0.2) is 0 Å². The third kappa shape index (κ3) is 5.27. The van der Waals surface area contributed by atoms with E-state index in [2.05, 4.69) is 5.32 Å². The van der Waals surface area contributed by atoms with Crippen molar-refractivity contribution in [2.24, 2.45) is 0 Å². The first kappa shape index (κ1) is 15.6. The fraction of sp³-hybridized carbons (Fsp3) is 0.250. The third-order valence-electron chi connectivity index (χ3n) is 2.81. The quantitative estimate of drug-likeness (QED) is 0.726. The number of nitrogens with one attached hydrogen (secondary N) is 1. The van der Waals surface area contributed by atoms with Gasteiger partial charge in [0.15, 0.2) is 0 Å². The fourth-order valence-electron chi connectivity index (χ4n) is 1.83. The number of alkyl halides is 2. The van der Waals surface area contributed by atoms with Crippen LogP contribution in [0.5, 0.6) is 5.75 Å². The van der Waals surface area contributed by atoms with Crippen LogP contribution < -0.4 is 10.1 Å². The zero-order chi connectivity index (χ0) is 15.1. The van der Waals surface area contributed by atoms with Crippen LogP contribution in [0.1, 0.15) is 12.5 Å². The summed E-state index contributed by atoms with van der Waals surface area (Å²) in [6, 6.07) is 14.9. The number of benzene rings is 2. The fourth-order valence-corrected chi connectivity index (χ4v) is 2.33. The highest BCUT2D eigenvalue weighted by Crippen LogP contribution is 2.26. The summed E-state index contributed by atoms with van der Waals surface area (Å²) in [6.45, 7) is 3.28. The van der Waals surface area contributed by atoms with Gasteiger partial charge in [0.05, 0.1) is 6.61 Å². The Labute approximate surface area is 127 Å². The van der Waals surface area contributed by atoms with E-state index in [-0.39, 0.29) is 0 Å². The first-order chi connectivity index (χ1) is 10.2. The van der Waals surface area contributed by atoms with Gasteiger partial charge in [0.1, 0.15) is 5.75 Å². The zero-order valence-corrected chi connectivity index (χ0v) is 12.5. The van der Waals surface area contributed by atoms with Gasteiger partial charge >= 0.3 is 0 Å². The minimum absolute atomic E-state index is 0.553. The minimum Gasteiger partial charge on any atom is -0.494 e. The van der Waals surface area contributed by atoms with E-state index in [4.69, 9.17) is 4.74 Å². The van der Waals surface area contributed by atoms with E-state index in [1.165, 1.54) is 0 Å². The molecular formula is C16H17F2NOS. The largest absolute Gasteiger partial charge is 0.494 e. The van der Waals surface area contributed by atoms with Gasteiger partial charge < -0.3 is 10.1 Å². The van der Waals surface area contributed by atoms with Crippen LogP contribution in [0, 0.1) is 0 Å². The number of hydrogen-bond acceptors (Lipinski definition) is 3. The number of hydrogen-bond donors (Lipinski definition) is 1. The van der Waals surface area contributed by atoms with Crippen LogP contribution in [-0.2, 0) is 6.54 Å². The molecule has 0 fully saturated rings. The molecule has 0 heterocycles. The maximum absolute atomic E-state index is 12.2. The number of ether oxygens (including phenoxy) is 1. The van der Waals surface area contributed by atoms with Crippen molar-refractivity contribution in [3.8, 4) is 5.75 Å². The SMILES string of the molecule is CCOc1ccc(CNc2ccc(SC(F)F)cc2)cc1. The van der Waals surface area contributed by atoms with Crippen LogP contribution in [0.15, 0.2) is 53.4 Å². The van der Waals surface area contributed by atoms with Crippen molar-refractivity contribution in [1.29, 1.82) is 0 Å². The van der Waals surface area contributed by atoms with Crippen LogP contribution in [0.4, 0.5) is 14.5 Å². The molecule has 0 radical (unpaired) electrons. The molecule has 0 amide bonds. The second kappa shape index (κ2) is 7.88. The van der Waals surface area contributed by atoms with Gasteiger partial charge in [-0.2, -0.15) is 8.78 Å². The third-order valence-corrected chi connectivity index (χ3v) is 3.53. The molecule has 0 aliphatic heterocycles. The van der Waals surface area contributed by atoms with Crippen LogP contribution in [-0.4, -0.2) is 12.4 Å². The van der Waals surface area contributed by atoms with Gasteiger partial charge in [0, 0.05) is 17.1 Å². The molecular weight excluding hydrogens is 292 g/mol. The summed E-state index contributed by atoms with van der Waals surface area (Å²) >= 11 is 0.553. The minimum atomic E-state index is -2.38. The first-order valence-electron chi connectivity index (χ1n) is 6.68. The number of anilines is 1. The van der Waals surface area contributed by atoms with Crippen LogP contribution in [0.25, 0.3) is 0 Å². The van der Waals surface area contributed by atoms with Gasteiger partial charge in [-0.05, 0) is 48.9 Å². The predicted octanol–water partition coefficient (Wildman–Crippen LogP) is 5.01. The molecule has 1 N–H and O–H groups in total. The van der Waals surface area contributed by atoms with Crippen molar-refractivity contribution in [2.45, 2.75) is 24.1 Å². The van der Waals surface area contributed by atoms with Crippen molar-refractivity contribution in [3.63, 3.8) is 0 Å². The molecule has 0 unspecified atom stereocenters. The highest BCUT2D eigenvalue weighted by Gasteiger charge is 2.04. The van der Waals surface area contributed by atoms with Gasteiger partial charge in [-0.15, -0.1) is 0 Å². The Kier molecular flexibility index (Phi) is 5.87. The van der Waals surface area contributed by atoms with E-state index in [0.717, 1.165) is 17.0 Å². The van der Waals surface area contributed by atoms with Crippen molar-refractivity contribution < 1.29 is 13.5 Å². The van der Waals surface area contributed by atoms with E-state index in [1.807, 2.05) is 31.2 Å². The molecule has 0 atom stereocenters. The summed E-state index contributed by atoms with van der Waals surface area (Å²) in [6.07, 6.45) is 0. The molecule has 0 aliphatic rings. The summed E-state index contributed by atoms with van der Waals surface area (Å²) in [7, 11) is 0. The predicted molar refractivity (Wildman–Crippen MR) is 83.2 cm³/mol. The Morgan fingerprint density at radius 3 is 2.29 bits per heavy atom. The van der Waals surface area contributed by atoms with E-state index in [0.29, 0.717) is 29.8 Å². The van der Waals surface area contributed by atoms with Crippen molar-refractivity contribution >= 4 is 17.4 Å². The molecule has 0 aliphatic carbocycles. The highest BCUT2D eigenvalue weighted by atomic mass is 32.2. The lowest BCUT2D eigenvalue weighted by Crippen LogP contribution is -1.99. The second-order valence-electron chi connectivity index (χ2n) is 4.33. The molecule has 2 nitrogen and oxygen atoms in total. The lowest BCUT2D eigenvalue weighted by molar-refractivity contribution is 0.252. The standard InChI is InChI=1S/C16H17F2NOS/c1-2-20-14-7-3-12(4-8-14)11-19-13-5-9-15(10-6-13)21-16(17)18/h3-10,16,19H,2,11H2,1H3. The van der Waals surface area contributed by atoms with Crippen molar-refractivity contribution in [2.75, 3.05) is 11.9 Å². The van der Waals surface area contributed by atoms with E-state index in [9.17, 15) is 8.78 Å². The lowest BCUT2D eigenvalue weighted by atomic mass is 10.2. The average molecular weight is 309 g/mol. The molecule has 2 aromatic rings. The number of halogens is 2. The maximum Gasteiger partial charge on any atom is 0.288 e. The van der Waals surface area contributed by atoms with E-state index < -0.39 is 5.76 Å². The molecule has 0 bridgehead atoms. The Morgan fingerprint density at radius 2 is 1.71 bits per heavy atom. The van der Waals surface area contributed by atoms with Crippen LogP contribution in [0.2, 0.25) is 0 Å². The maximum atomic E-state index is 12.2. The summed E-state index contributed by atoms with van der Waals surface area (Å²) in [5.41, 5.74) is 2.03. The van der Waals surface area contributed by atoms with Crippen LogP contribution >= 0.6 is 11.8 Å².